The molecule has 0 bridgehead atoms. The van der Waals surface area contributed by atoms with Crippen LogP contribution in [0.2, 0.25) is 0 Å². The molecule has 2 aromatic carbocycles. The van der Waals surface area contributed by atoms with Crippen LogP contribution >= 0.6 is 23.1 Å². The molecule has 0 radical (unpaired) electrons. The summed E-state index contributed by atoms with van der Waals surface area (Å²) in [7, 11) is 1.41. The van der Waals surface area contributed by atoms with Gasteiger partial charge in [-0.3, -0.25) is 0 Å². The Balaban J connectivity index is 2.07. The highest BCUT2D eigenvalue weighted by Gasteiger charge is 2.15. The first kappa shape index (κ1) is 14.2. The Kier molecular flexibility index (Phi) is 3.99. The number of hydrogen-bond acceptors (Lipinski definition) is 4. The SMILES string of the molecule is COC(=O)c1ccccc1Sc1c(C)sc2ccccc12. The van der Waals surface area contributed by atoms with Crippen molar-refractivity contribution in [1.82, 2.24) is 0 Å². The number of hydrogen-bond donors (Lipinski definition) is 0. The Morgan fingerprint density at radius 1 is 1.10 bits per heavy atom. The van der Waals surface area contributed by atoms with Gasteiger partial charge >= 0.3 is 5.97 Å². The molecule has 0 aliphatic carbocycles. The maximum atomic E-state index is 11.9. The van der Waals surface area contributed by atoms with Crippen molar-refractivity contribution < 1.29 is 9.53 Å². The molecule has 0 saturated carbocycles. The molecule has 0 aliphatic rings. The van der Waals surface area contributed by atoms with Gasteiger partial charge < -0.3 is 4.74 Å². The molecule has 1 heterocycles. The van der Waals surface area contributed by atoms with Crippen LogP contribution in [0.3, 0.4) is 0 Å². The zero-order valence-electron chi connectivity index (χ0n) is 11.8. The summed E-state index contributed by atoms with van der Waals surface area (Å²) < 4.78 is 6.14. The van der Waals surface area contributed by atoms with Gasteiger partial charge in [-0.05, 0) is 25.1 Å². The molecule has 0 unspecified atom stereocenters. The number of carbonyl (C=O) groups is 1. The average Bonchev–Trinajstić information content (AvgIpc) is 2.83. The molecule has 1 aromatic heterocycles. The van der Waals surface area contributed by atoms with Crippen molar-refractivity contribution in [3.8, 4) is 0 Å². The van der Waals surface area contributed by atoms with Gasteiger partial charge in [-0.2, -0.15) is 0 Å². The monoisotopic (exact) mass is 314 g/mol. The summed E-state index contributed by atoms with van der Waals surface area (Å²) in [5, 5.41) is 1.24. The van der Waals surface area contributed by atoms with Gasteiger partial charge in [0.2, 0.25) is 0 Å². The molecule has 106 valence electrons. The van der Waals surface area contributed by atoms with Gasteiger partial charge in [0.15, 0.2) is 0 Å². The minimum absolute atomic E-state index is 0.296. The van der Waals surface area contributed by atoms with Crippen molar-refractivity contribution in [2.45, 2.75) is 16.7 Å². The van der Waals surface area contributed by atoms with Crippen LogP contribution in [0.25, 0.3) is 10.1 Å². The second-order valence-electron chi connectivity index (χ2n) is 4.57. The molecular weight excluding hydrogens is 300 g/mol. The second-order valence-corrected chi connectivity index (χ2v) is 6.88. The molecule has 4 heteroatoms. The Bertz CT molecular complexity index is 805. The number of methoxy groups -OCH3 is 1. The van der Waals surface area contributed by atoms with E-state index in [1.54, 1.807) is 29.2 Å². The van der Waals surface area contributed by atoms with E-state index in [0.29, 0.717) is 5.56 Å². The molecule has 0 spiro atoms. The van der Waals surface area contributed by atoms with E-state index in [9.17, 15) is 4.79 Å². The van der Waals surface area contributed by atoms with Crippen molar-refractivity contribution >= 4 is 39.2 Å². The van der Waals surface area contributed by atoms with E-state index in [0.717, 1.165) is 4.90 Å². The summed E-state index contributed by atoms with van der Waals surface area (Å²) in [5.74, 6) is -0.296. The maximum Gasteiger partial charge on any atom is 0.339 e. The van der Waals surface area contributed by atoms with Crippen LogP contribution < -0.4 is 0 Å². The fourth-order valence-electron chi connectivity index (χ4n) is 2.22. The molecule has 0 N–H and O–H groups in total. The van der Waals surface area contributed by atoms with E-state index in [1.807, 2.05) is 24.3 Å². The van der Waals surface area contributed by atoms with Crippen molar-refractivity contribution in [3.05, 3.63) is 59.0 Å². The minimum atomic E-state index is -0.296. The Labute approximate surface area is 131 Å². The number of carbonyl (C=O) groups excluding carboxylic acids is 1. The van der Waals surface area contributed by atoms with Gasteiger partial charge in [0.1, 0.15) is 0 Å². The Hall–Kier alpha value is -1.78. The molecule has 21 heavy (non-hydrogen) atoms. The highest BCUT2D eigenvalue weighted by molar-refractivity contribution is 7.99. The van der Waals surface area contributed by atoms with E-state index in [1.165, 1.54) is 27.0 Å². The summed E-state index contributed by atoms with van der Waals surface area (Å²) in [6.07, 6.45) is 0. The molecule has 0 atom stereocenters. The molecule has 3 rings (SSSR count). The zero-order valence-corrected chi connectivity index (χ0v) is 13.4. The van der Waals surface area contributed by atoms with Gasteiger partial charge in [-0.25, -0.2) is 4.79 Å². The smallest absolute Gasteiger partial charge is 0.339 e. The lowest BCUT2D eigenvalue weighted by atomic mass is 10.2. The van der Waals surface area contributed by atoms with Crippen LogP contribution in [0.1, 0.15) is 15.2 Å². The second kappa shape index (κ2) is 5.92. The van der Waals surface area contributed by atoms with E-state index in [4.69, 9.17) is 4.74 Å². The number of ether oxygens (including phenoxy) is 1. The van der Waals surface area contributed by atoms with Gasteiger partial charge in [0.25, 0.3) is 0 Å². The number of esters is 1. The van der Waals surface area contributed by atoms with Crippen molar-refractivity contribution in [2.75, 3.05) is 7.11 Å². The van der Waals surface area contributed by atoms with Crippen LogP contribution in [-0.4, -0.2) is 13.1 Å². The number of rotatable bonds is 3. The summed E-state index contributed by atoms with van der Waals surface area (Å²) in [6.45, 7) is 2.12. The lowest BCUT2D eigenvalue weighted by Crippen LogP contribution is -2.02. The summed E-state index contributed by atoms with van der Waals surface area (Å²) in [4.78, 5) is 15.3. The third-order valence-corrected chi connectivity index (χ3v) is 5.74. The minimum Gasteiger partial charge on any atom is -0.465 e. The van der Waals surface area contributed by atoms with Gasteiger partial charge in [0, 0.05) is 24.8 Å². The molecule has 0 saturated heterocycles. The van der Waals surface area contributed by atoms with E-state index >= 15 is 0 Å². The quantitative estimate of drug-likeness (QED) is 0.626. The Morgan fingerprint density at radius 2 is 1.81 bits per heavy atom. The Morgan fingerprint density at radius 3 is 2.62 bits per heavy atom. The van der Waals surface area contributed by atoms with Crippen LogP contribution in [0, 0.1) is 6.92 Å². The molecular formula is C17H14O2S2. The fraction of sp³-hybridized carbons (Fsp3) is 0.118. The van der Waals surface area contributed by atoms with Crippen LogP contribution in [0.5, 0.6) is 0 Å². The highest BCUT2D eigenvalue weighted by Crippen LogP contribution is 2.42. The number of fused-ring (bicyclic) bond motifs is 1. The molecule has 0 amide bonds. The first-order valence-electron chi connectivity index (χ1n) is 6.54. The predicted octanol–water partition coefficient (Wildman–Crippen LogP) is 5.15. The van der Waals surface area contributed by atoms with E-state index in [-0.39, 0.29) is 5.97 Å². The number of thiophene rings is 1. The average molecular weight is 314 g/mol. The summed E-state index contributed by atoms with van der Waals surface area (Å²) >= 11 is 3.41. The largest absolute Gasteiger partial charge is 0.465 e. The van der Waals surface area contributed by atoms with Crippen molar-refractivity contribution in [1.29, 1.82) is 0 Å². The number of aryl methyl sites for hydroxylation is 1. The van der Waals surface area contributed by atoms with E-state index in [2.05, 4.69) is 25.1 Å². The van der Waals surface area contributed by atoms with Crippen LogP contribution in [0.15, 0.2) is 58.3 Å². The van der Waals surface area contributed by atoms with Gasteiger partial charge in [0.05, 0.1) is 12.7 Å². The molecule has 0 fully saturated rings. The first-order chi connectivity index (χ1) is 10.2. The van der Waals surface area contributed by atoms with Crippen molar-refractivity contribution in [3.63, 3.8) is 0 Å². The highest BCUT2D eigenvalue weighted by atomic mass is 32.2. The summed E-state index contributed by atoms with van der Waals surface area (Å²) in [5.41, 5.74) is 0.611. The standard InChI is InChI=1S/C17H14O2S2/c1-11-16(12-7-3-5-9-14(12)20-11)21-15-10-6-4-8-13(15)17(18)19-2/h3-10H,1-2H3. The summed E-state index contributed by atoms with van der Waals surface area (Å²) in [6, 6.07) is 15.9. The normalized spacial score (nSPS) is 10.8. The third-order valence-electron chi connectivity index (χ3n) is 3.22. The molecule has 2 nitrogen and oxygen atoms in total. The number of benzene rings is 2. The third kappa shape index (κ3) is 2.69. The maximum absolute atomic E-state index is 11.9. The zero-order chi connectivity index (χ0) is 14.8. The fourth-order valence-corrected chi connectivity index (χ4v) is 4.55. The van der Waals surface area contributed by atoms with E-state index < -0.39 is 0 Å². The molecule has 0 aliphatic heterocycles. The van der Waals surface area contributed by atoms with Crippen LogP contribution in [0.4, 0.5) is 0 Å². The van der Waals surface area contributed by atoms with Gasteiger partial charge in [-0.1, -0.05) is 42.1 Å². The lowest BCUT2D eigenvalue weighted by Gasteiger charge is -2.07. The van der Waals surface area contributed by atoms with Crippen LogP contribution in [-0.2, 0) is 4.74 Å². The lowest BCUT2D eigenvalue weighted by molar-refractivity contribution is 0.0597. The van der Waals surface area contributed by atoms with Crippen molar-refractivity contribution in [2.24, 2.45) is 0 Å². The first-order valence-corrected chi connectivity index (χ1v) is 8.17. The topological polar surface area (TPSA) is 26.3 Å². The predicted molar refractivity (Wildman–Crippen MR) is 88.5 cm³/mol. The molecule has 3 aromatic rings. The van der Waals surface area contributed by atoms with Gasteiger partial charge in [-0.15, -0.1) is 11.3 Å².